The molecule has 1 amide bonds. The molecule has 1 aromatic rings. The zero-order valence-electron chi connectivity index (χ0n) is 10.8. The Hall–Kier alpha value is -1.03. The summed E-state index contributed by atoms with van der Waals surface area (Å²) >= 11 is 3.51. The fourth-order valence-corrected chi connectivity index (χ4v) is 2.00. The summed E-state index contributed by atoms with van der Waals surface area (Å²) < 4.78 is 6.60. The lowest BCUT2D eigenvalue weighted by atomic mass is 10.1. The topological polar surface area (TPSA) is 38.3 Å². The van der Waals surface area contributed by atoms with Crippen LogP contribution in [-0.4, -0.2) is 19.1 Å². The molecule has 0 aliphatic heterocycles. The normalized spacial score (nSPS) is 14.4. The predicted octanol–water partition coefficient (Wildman–Crippen LogP) is 2.97. The van der Waals surface area contributed by atoms with E-state index >= 15 is 0 Å². The molecule has 0 radical (unpaired) electrons. The zero-order chi connectivity index (χ0) is 13.1. The lowest BCUT2D eigenvalue weighted by Gasteiger charge is -2.10. The van der Waals surface area contributed by atoms with Gasteiger partial charge in [-0.15, -0.1) is 0 Å². The van der Waals surface area contributed by atoms with E-state index < -0.39 is 0 Å². The number of rotatable bonds is 5. The van der Waals surface area contributed by atoms with E-state index in [0.29, 0.717) is 5.92 Å². The number of aryl methyl sites for hydroxylation is 2. The molecule has 4 heteroatoms. The molecule has 0 spiro atoms. The van der Waals surface area contributed by atoms with Gasteiger partial charge in [0.15, 0.2) is 6.61 Å². The number of hydrogen-bond acceptors (Lipinski definition) is 2. The van der Waals surface area contributed by atoms with Crippen LogP contribution in [0.3, 0.4) is 0 Å². The second-order valence-corrected chi connectivity index (χ2v) is 5.70. The number of nitrogens with one attached hydrogen (secondary N) is 1. The summed E-state index contributed by atoms with van der Waals surface area (Å²) in [6, 6.07) is 3.87. The van der Waals surface area contributed by atoms with Gasteiger partial charge in [-0.3, -0.25) is 4.79 Å². The van der Waals surface area contributed by atoms with Gasteiger partial charge in [0, 0.05) is 11.0 Å². The number of carbonyl (C=O) groups is 1. The molecule has 0 atom stereocenters. The lowest BCUT2D eigenvalue weighted by Crippen LogP contribution is -2.30. The van der Waals surface area contributed by atoms with Crippen LogP contribution >= 0.6 is 15.9 Å². The van der Waals surface area contributed by atoms with E-state index in [9.17, 15) is 4.79 Å². The molecule has 1 saturated carbocycles. The molecule has 0 bridgehead atoms. The largest absolute Gasteiger partial charge is 0.484 e. The van der Waals surface area contributed by atoms with E-state index in [4.69, 9.17) is 4.74 Å². The summed E-state index contributed by atoms with van der Waals surface area (Å²) in [4.78, 5) is 11.5. The Bertz CT molecular complexity index is 432. The van der Waals surface area contributed by atoms with Crippen molar-refractivity contribution < 1.29 is 9.53 Å². The summed E-state index contributed by atoms with van der Waals surface area (Å²) in [5.74, 6) is 1.40. The molecular formula is C14H18BrNO2. The minimum atomic E-state index is -0.0416. The summed E-state index contributed by atoms with van der Waals surface area (Å²) in [5.41, 5.74) is 2.23. The van der Waals surface area contributed by atoms with Gasteiger partial charge in [-0.1, -0.05) is 15.9 Å². The van der Waals surface area contributed by atoms with Crippen molar-refractivity contribution in [2.24, 2.45) is 5.92 Å². The third kappa shape index (κ3) is 3.73. The van der Waals surface area contributed by atoms with Gasteiger partial charge in [-0.25, -0.2) is 0 Å². The van der Waals surface area contributed by atoms with Crippen molar-refractivity contribution in [2.75, 3.05) is 13.2 Å². The second-order valence-electron chi connectivity index (χ2n) is 4.91. The highest BCUT2D eigenvalue weighted by Crippen LogP contribution is 2.27. The van der Waals surface area contributed by atoms with Crippen LogP contribution in [0.4, 0.5) is 0 Å². The first-order valence-electron chi connectivity index (χ1n) is 6.22. The summed E-state index contributed by atoms with van der Waals surface area (Å²) in [7, 11) is 0. The SMILES string of the molecule is Cc1cc(OCC(=O)NCC2CC2)cc(C)c1Br. The number of carbonyl (C=O) groups excluding carboxylic acids is 1. The average molecular weight is 312 g/mol. The van der Waals surface area contributed by atoms with Crippen molar-refractivity contribution in [3.8, 4) is 5.75 Å². The first kappa shape index (κ1) is 13.4. The van der Waals surface area contributed by atoms with Crippen LogP contribution in [-0.2, 0) is 4.79 Å². The van der Waals surface area contributed by atoms with Crippen LogP contribution in [0, 0.1) is 19.8 Å². The van der Waals surface area contributed by atoms with Gasteiger partial charge in [0.1, 0.15) is 5.75 Å². The van der Waals surface area contributed by atoms with Crippen LogP contribution in [0.1, 0.15) is 24.0 Å². The van der Waals surface area contributed by atoms with Crippen molar-refractivity contribution >= 4 is 21.8 Å². The van der Waals surface area contributed by atoms with Crippen LogP contribution in [0.25, 0.3) is 0 Å². The van der Waals surface area contributed by atoms with Crippen molar-refractivity contribution in [3.63, 3.8) is 0 Å². The first-order valence-corrected chi connectivity index (χ1v) is 7.02. The van der Waals surface area contributed by atoms with Crippen LogP contribution < -0.4 is 10.1 Å². The van der Waals surface area contributed by atoms with Gasteiger partial charge in [0.25, 0.3) is 5.91 Å². The summed E-state index contributed by atoms with van der Waals surface area (Å²) in [6.45, 7) is 4.90. The Morgan fingerprint density at radius 3 is 2.56 bits per heavy atom. The molecule has 0 aromatic heterocycles. The van der Waals surface area contributed by atoms with E-state index in [1.165, 1.54) is 12.8 Å². The van der Waals surface area contributed by atoms with E-state index in [0.717, 1.165) is 27.9 Å². The van der Waals surface area contributed by atoms with E-state index in [2.05, 4.69) is 21.2 Å². The highest BCUT2D eigenvalue weighted by molar-refractivity contribution is 9.10. The number of hydrogen-bond donors (Lipinski definition) is 1. The quantitative estimate of drug-likeness (QED) is 0.908. The molecule has 0 unspecified atom stereocenters. The Labute approximate surface area is 116 Å². The first-order chi connectivity index (χ1) is 8.56. The third-order valence-corrected chi connectivity index (χ3v) is 4.32. The smallest absolute Gasteiger partial charge is 0.257 e. The number of halogens is 1. The maximum Gasteiger partial charge on any atom is 0.257 e. The molecule has 1 aliphatic carbocycles. The van der Waals surface area contributed by atoms with E-state index in [1.807, 2.05) is 26.0 Å². The molecule has 0 saturated heterocycles. The fourth-order valence-electron chi connectivity index (χ4n) is 1.77. The zero-order valence-corrected chi connectivity index (χ0v) is 12.3. The maximum absolute atomic E-state index is 11.5. The van der Waals surface area contributed by atoms with Gasteiger partial charge in [0.2, 0.25) is 0 Å². The minimum Gasteiger partial charge on any atom is -0.484 e. The Balaban J connectivity index is 1.83. The molecule has 98 valence electrons. The summed E-state index contributed by atoms with van der Waals surface area (Å²) in [6.07, 6.45) is 2.48. The molecule has 18 heavy (non-hydrogen) atoms. The van der Waals surface area contributed by atoms with E-state index in [1.54, 1.807) is 0 Å². The molecule has 2 rings (SSSR count). The fraction of sp³-hybridized carbons (Fsp3) is 0.500. The maximum atomic E-state index is 11.5. The van der Waals surface area contributed by atoms with Crippen molar-refractivity contribution in [2.45, 2.75) is 26.7 Å². The molecule has 3 nitrogen and oxygen atoms in total. The molecule has 1 N–H and O–H groups in total. The molecule has 1 aromatic carbocycles. The van der Waals surface area contributed by atoms with Gasteiger partial charge in [-0.05, 0) is 55.9 Å². The second kappa shape index (κ2) is 5.74. The van der Waals surface area contributed by atoms with E-state index in [-0.39, 0.29) is 12.5 Å². The molecular weight excluding hydrogens is 294 g/mol. The molecule has 1 aliphatic rings. The van der Waals surface area contributed by atoms with Gasteiger partial charge in [-0.2, -0.15) is 0 Å². The highest BCUT2D eigenvalue weighted by Gasteiger charge is 2.21. The standard InChI is InChI=1S/C14H18BrNO2/c1-9-5-12(6-10(2)14(9)15)18-8-13(17)16-7-11-3-4-11/h5-6,11H,3-4,7-8H2,1-2H3,(H,16,17). The van der Waals surface area contributed by atoms with Gasteiger partial charge in [0.05, 0.1) is 0 Å². The molecule has 0 heterocycles. The van der Waals surface area contributed by atoms with Crippen molar-refractivity contribution in [3.05, 3.63) is 27.7 Å². The van der Waals surface area contributed by atoms with Gasteiger partial charge < -0.3 is 10.1 Å². The summed E-state index contributed by atoms with van der Waals surface area (Å²) in [5, 5.41) is 2.88. The van der Waals surface area contributed by atoms with Gasteiger partial charge >= 0.3 is 0 Å². The van der Waals surface area contributed by atoms with Crippen molar-refractivity contribution in [1.29, 1.82) is 0 Å². The molecule has 1 fully saturated rings. The number of ether oxygens (including phenoxy) is 1. The average Bonchev–Trinajstić information content (AvgIpc) is 3.14. The number of amides is 1. The Kier molecular flexibility index (Phi) is 4.27. The van der Waals surface area contributed by atoms with Crippen molar-refractivity contribution in [1.82, 2.24) is 5.32 Å². The minimum absolute atomic E-state index is 0.0416. The third-order valence-electron chi connectivity index (χ3n) is 3.06. The predicted molar refractivity (Wildman–Crippen MR) is 74.8 cm³/mol. The lowest BCUT2D eigenvalue weighted by molar-refractivity contribution is -0.123. The van der Waals surface area contributed by atoms with Crippen LogP contribution in [0.15, 0.2) is 16.6 Å². The Morgan fingerprint density at radius 1 is 1.39 bits per heavy atom. The van der Waals surface area contributed by atoms with Crippen LogP contribution in [0.5, 0.6) is 5.75 Å². The number of benzene rings is 1. The monoisotopic (exact) mass is 311 g/mol. The Morgan fingerprint density at radius 2 is 2.00 bits per heavy atom. The highest BCUT2D eigenvalue weighted by atomic mass is 79.9. The van der Waals surface area contributed by atoms with Crippen LogP contribution in [0.2, 0.25) is 0 Å².